The molecule has 0 saturated carbocycles. The Morgan fingerprint density at radius 1 is 1.42 bits per heavy atom. The molecule has 0 radical (unpaired) electrons. The van der Waals surface area contributed by atoms with Gasteiger partial charge in [0.15, 0.2) is 0 Å². The average Bonchev–Trinajstić information content (AvgIpc) is 2.81. The van der Waals surface area contributed by atoms with Crippen molar-refractivity contribution in [1.29, 1.82) is 0 Å². The molecule has 1 aliphatic rings. The molecule has 1 fully saturated rings. The van der Waals surface area contributed by atoms with Gasteiger partial charge in [0.05, 0.1) is 6.61 Å². The van der Waals surface area contributed by atoms with Gasteiger partial charge in [0.1, 0.15) is 6.04 Å². The fourth-order valence-corrected chi connectivity index (χ4v) is 2.18. The minimum atomic E-state index is -4.96. The number of carbonyl (C=O) groups is 2. The van der Waals surface area contributed by atoms with E-state index >= 15 is 0 Å². The van der Waals surface area contributed by atoms with Crippen molar-refractivity contribution in [3.05, 3.63) is 0 Å². The van der Waals surface area contributed by atoms with Crippen molar-refractivity contribution in [3.63, 3.8) is 0 Å². The summed E-state index contributed by atoms with van der Waals surface area (Å²) in [7, 11) is 0. The van der Waals surface area contributed by atoms with Gasteiger partial charge in [-0.2, -0.15) is 13.2 Å². The highest BCUT2D eigenvalue weighted by Gasteiger charge is 2.48. The van der Waals surface area contributed by atoms with E-state index in [2.05, 4.69) is 0 Å². The van der Waals surface area contributed by atoms with E-state index in [1.165, 1.54) is 4.90 Å². The van der Waals surface area contributed by atoms with Crippen LogP contribution in [0.4, 0.5) is 13.2 Å². The van der Waals surface area contributed by atoms with Gasteiger partial charge in [0.2, 0.25) is 5.91 Å². The molecular weight excluding hydrogens is 265 g/mol. The summed E-state index contributed by atoms with van der Waals surface area (Å²) in [5.74, 6) is -2.50. The van der Waals surface area contributed by atoms with E-state index in [0.717, 1.165) is 0 Å². The number of hydrogen-bond donors (Lipinski definition) is 1. The Labute approximate surface area is 109 Å². The van der Waals surface area contributed by atoms with Crippen LogP contribution in [0.5, 0.6) is 0 Å². The number of rotatable bonds is 4. The lowest BCUT2D eigenvalue weighted by atomic mass is 10.2. The average molecular weight is 282 g/mol. The van der Waals surface area contributed by atoms with Gasteiger partial charge in [-0.15, -0.1) is 0 Å². The van der Waals surface area contributed by atoms with Gasteiger partial charge in [-0.3, -0.25) is 9.59 Å². The monoisotopic (exact) mass is 282 g/mol. The molecule has 5 nitrogen and oxygen atoms in total. The van der Waals surface area contributed by atoms with Crippen LogP contribution in [0.25, 0.3) is 0 Å². The molecule has 2 amide bonds. The molecule has 110 valence electrons. The second kappa shape index (κ2) is 6.23. The Hall–Kier alpha value is -1.31. The van der Waals surface area contributed by atoms with Crippen LogP contribution in [0.15, 0.2) is 0 Å². The van der Waals surface area contributed by atoms with Crippen LogP contribution in [0.1, 0.15) is 19.8 Å². The van der Waals surface area contributed by atoms with Gasteiger partial charge in [-0.25, -0.2) is 0 Å². The summed E-state index contributed by atoms with van der Waals surface area (Å²) in [6, 6.07) is -1.07. The zero-order valence-corrected chi connectivity index (χ0v) is 10.6. The SMILES string of the molecule is CCN(CCO)C(=O)C1CCCN1C(=O)C(F)(F)F. The third-order valence-electron chi connectivity index (χ3n) is 3.10. The highest BCUT2D eigenvalue weighted by atomic mass is 19.4. The highest BCUT2D eigenvalue weighted by Crippen LogP contribution is 2.26. The molecule has 1 N–H and O–H groups in total. The molecule has 0 aliphatic carbocycles. The zero-order valence-electron chi connectivity index (χ0n) is 10.6. The quantitative estimate of drug-likeness (QED) is 0.811. The number of aliphatic hydroxyl groups excluding tert-OH is 1. The fourth-order valence-electron chi connectivity index (χ4n) is 2.18. The van der Waals surface area contributed by atoms with Gasteiger partial charge in [0, 0.05) is 19.6 Å². The molecule has 1 unspecified atom stereocenters. The Bertz CT molecular complexity index is 347. The number of amides is 2. The van der Waals surface area contributed by atoms with Crippen LogP contribution in [0.2, 0.25) is 0 Å². The van der Waals surface area contributed by atoms with Gasteiger partial charge in [0.25, 0.3) is 0 Å². The molecule has 0 aromatic rings. The topological polar surface area (TPSA) is 60.9 Å². The second-order valence-corrected chi connectivity index (χ2v) is 4.30. The molecule has 1 aliphatic heterocycles. The number of likely N-dealkylation sites (N-methyl/N-ethyl adjacent to an activating group) is 1. The number of alkyl halides is 3. The molecule has 8 heteroatoms. The van der Waals surface area contributed by atoms with Crippen LogP contribution >= 0.6 is 0 Å². The summed E-state index contributed by atoms with van der Waals surface area (Å²) in [5.41, 5.74) is 0. The fraction of sp³-hybridized carbons (Fsp3) is 0.818. The Balaban J connectivity index is 2.81. The number of hydrogen-bond acceptors (Lipinski definition) is 3. The first-order chi connectivity index (χ1) is 8.82. The van der Waals surface area contributed by atoms with Crippen molar-refractivity contribution in [1.82, 2.24) is 9.80 Å². The van der Waals surface area contributed by atoms with E-state index in [0.29, 0.717) is 11.3 Å². The zero-order chi connectivity index (χ0) is 14.6. The minimum Gasteiger partial charge on any atom is -0.395 e. The summed E-state index contributed by atoms with van der Waals surface area (Å²) in [6.45, 7) is 1.67. The summed E-state index contributed by atoms with van der Waals surface area (Å²) < 4.78 is 37.2. The summed E-state index contributed by atoms with van der Waals surface area (Å²) in [4.78, 5) is 25.1. The largest absolute Gasteiger partial charge is 0.471 e. The number of carbonyl (C=O) groups excluding carboxylic acids is 2. The Morgan fingerprint density at radius 2 is 2.05 bits per heavy atom. The lowest BCUT2D eigenvalue weighted by Gasteiger charge is -2.29. The standard InChI is InChI=1S/C11H17F3N2O3/c1-2-15(6-7-17)9(18)8-4-3-5-16(8)10(19)11(12,13)14/h8,17H,2-7H2,1H3. The summed E-state index contributed by atoms with van der Waals surface area (Å²) in [6.07, 6.45) is -4.37. The van der Waals surface area contributed by atoms with Crippen molar-refractivity contribution in [3.8, 4) is 0 Å². The van der Waals surface area contributed by atoms with Crippen molar-refractivity contribution < 1.29 is 27.9 Å². The molecule has 1 heterocycles. The lowest BCUT2D eigenvalue weighted by molar-refractivity contribution is -0.187. The first-order valence-corrected chi connectivity index (χ1v) is 6.10. The van der Waals surface area contributed by atoms with Crippen molar-refractivity contribution in [2.45, 2.75) is 32.0 Å². The number of likely N-dealkylation sites (tertiary alicyclic amines) is 1. The maximum Gasteiger partial charge on any atom is 0.471 e. The summed E-state index contributed by atoms with van der Waals surface area (Å²) in [5, 5.41) is 8.81. The smallest absolute Gasteiger partial charge is 0.395 e. The van der Waals surface area contributed by atoms with Gasteiger partial charge < -0.3 is 14.9 Å². The van der Waals surface area contributed by atoms with Crippen molar-refractivity contribution >= 4 is 11.8 Å². The first-order valence-electron chi connectivity index (χ1n) is 6.10. The van der Waals surface area contributed by atoms with E-state index in [1.54, 1.807) is 6.92 Å². The van der Waals surface area contributed by atoms with Gasteiger partial charge in [-0.05, 0) is 19.8 Å². The molecule has 0 spiro atoms. The Morgan fingerprint density at radius 3 is 2.53 bits per heavy atom. The molecule has 1 atom stereocenters. The van der Waals surface area contributed by atoms with E-state index in [4.69, 9.17) is 5.11 Å². The third-order valence-corrected chi connectivity index (χ3v) is 3.10. The lowest BCUT2D eigenvalue weighted by Crippen LogP contribution is -2.51. The molecule has 1 rings (SSSR count). The van der Waals surface area contributed by atoms with E-state index in [9.17, 15) is 22.8 Å². The van der Waals surface area contributed by atoms with Crippen LogP contribution in [-0.2, 0) is 9.59 Å². The predicted octanol–water partition coefficient (Wildman–Crippen LogP) is 0.380. The van der Waals surface area contributed by atoms with E-state index in [-0.39, 0.29) is 32.7 Å². The van der Waals surface area contributed by atoms with Gasteiger partial charge >= 0.3 is 12.1 Å². The van der Waals surface area contributed by atoms with Crippen LogP contribution in [-0.4, -0.2) is 65.2 Å². The van der Waals surface area contributed by atoms with Crippen LogP contribution in [0.3, 0.4) is 0 Å². The third kappa shape index (κ3) is 3.59. The van der Waals surface area contributed by atoms with Crippen molar-refractivity contribution in [2.24, 2.45) is 0 Å². The first kappa shape index (κ1) is 15.7. The van der Waals surface area contributed by atoms with Crippen molar-refractivity contribution in [2.75, 3.05) is 26.2 Å². The maximum absolute atomic E-state index is 12.4. The van der Waals surface area contributed by atoms with Crippen LogP contribution < -0.4 is 0 Å². The molecule has 19 heavy (non-hydrogen) atoms. The molecular formula is C11H17F3N2O3. The normalized spacial score (nSPS) is 19.6. The molecule has 0 aromatic heterocycles. The molecule has 1 saturated heterocycles. The van der Waals surface area contributed by atoms with Crippen LogP contribution in [0, 0.1) is 0 Å². The van der Waals surface area contributed by atoms with E-state index in [1.807, 2.05) is 0 Å². The molecule has 0 aromatic carbocycles. The van der Waals surface area contributed by atoms with Gasteiger partial charge in [-0.1, -0.05) is 0 Å². The summed E-state index contributed by atoms with van der Waals surface area (Å²) >= 11 is 0. The highest BCUT2D eigenvalue weighted by molar-refractivity contribution is 5.90. The number of aliphatic hydroxyl groups is 1. The number of nitrogens with zero attached hydrogens (tertiary/aromatic N) is 2. The maximum atomic E-state index is 12.4. The Kier molecular flexibility index (Phi) is 5.16. The molecule has 0 bridgehead atoms. The second-order valence-electron chi connectivity index (χ2n) is 4.30. The number of halogens is 3. The minimum absolute atomic E-state index is 0.0554. The predicted molar refractivity (Wildman–Crippen MR) is 60.1 cm³/mol. The van der Waals surface area contributed by atoms with E-state index < -0.39 is 24.0 Å².